The Morgan fingerprint density at radius 1 is 1.31 bits per heavy atom. The number of urea groups is 1. The number of aliphatic hydroxyl groups is 1. The first-order chi connectivity index (χ1) is 12.3. The molecule has 1 aromatic rings. The van der Waals surface area contributed by atoms with Crippen molar-refractivity contribution in [2.24, 2.45) is 5.92 Å². The van der Waals surface area contributed by atoms with Crippen LogP contribution in [0.1, 0.15) is 43.7 Å². The fraction of sp³-hybridized carbons (Fsp3) is 0.600. The number of nitrogens with one attached hydrogen (secondary N) is 1. The van der Waals surface area contributed by atoms with Crippen molar-refractivity contribution < 1.29 is 19.4 Å². The highest BCUT2D eigenvalue weighted by Gasteiger charge is 2.52. The van der Waals surface area contributed by atoms with Gasteiger partial charge in [-0.2, -0.15) is 0 Å². The molecule has 1 saturated heterocycles. The van der Waals surface area contributed by atoms with Crippen molar-refractivity contribution in [1.82, 2.24) is 10.2 Å². The average Bonchev–Trinajstić information content (AvgIpc) is 2.81. The molecule has 6 nitrogen and oxygen atoms in total. The van der Waals surface area contributed by atoms with Crippen molar-refractivity contribution in [3.63, 3.8) is 0 Å². The van der Waals surface area contributed by atoms with Gasteiger partial charge in [0.1, 0.15) is 24.0 Å². The minimum absolute atomic E-state index is 0.0327. The van der Waals surface area contributed by atoms with Crippen LogP contribution in [-0.4, -0.2) is 46.7 Å². The van der Waals surface area contributed by atoms with Crippen LogP contribution < -0.4 is 10.1 Å². The zero-order valence-corrected chi connectivity index (χ0v) is 15.7. The average molecular weight is 360 g/mol. The fourth-order valence-electron chi connectivity index (χ4n) is 3.85. The quantitative estimate of drug-likeness (QED) is 0.791. The maximum Gasteiger partial charge on any atom is 0.325 e. The predicted molar refractivity (Wildman–Crippen MR) is 98.0 cm³/mol. The van der Waals surface area contributed by atoms with Gasteiger partial charge in [0.05, 0.1) is 6.54 Å². The number of aliphatic hydroxyl groups excluding tert-OH is 1. The number of hydrogen-bond donors (Lipinski definition) is 2. The second-order valence-corrected chi connectivity index (χ2v) is 7.84. The lowest BCUT2D eigenvalue weighted by molar-refractivity contribution is -0.133. The van der Waals surface area contributed by atoms with Crippen LogP contribution in [0, 0.1) is 19.8 Å². The first kappa shape index (κ1) is 18.7. The van der Waals surface area contributed by atoms with Crippen LogP contribution in [0.25, 0.3) is 0 Å². The van der Waals surface area contributed by atoms with Gasteiger partial charge in [-0.05, 0) is 57.1 Å². The molecule has 1 atom stereocenters. The smallest absolute Gasteiger partial charge is 0.325 e. The van der Waals surface area contributed by atoms with Gasteiger partial charge in [-0.1, -0.05) is 24.6 Å². The Morgan fingerprint density at radius 3 is 2.65 bits per heavy atom. The third-order valence-corrected chi connectivity index (χ3v) is 5.53. The van der Waals surface area contributed by atoms with Gasteiger partial charge >= 0.3 is 6.03 Å². The third kappa shape index (κ3) is 3.70. The molecule has 142 valence electrons. The Labute approximate surface area is 154 Å². The number of carbonyl (C=O) groups excluding carboxylic acids is 2. The number of hydrogen-bond acceptors (Lipinski definition) is 4. The largest absolute Gasteiger partial charge is 0.491 e. The normalized spacial score (nSPS) is 26.9. The Bertz CT molecular complexity index is 695. The molecule has 1 aliphatic heterocycles. The summed E-state index contributed by atoms with van der Waals surface area (Å²) >= 11 is 0. The molecule has 0 aromatic heterocycles. The molecular formula is C20H28N2O4. The van der Waals surface area contributed by atoms with Gasteiger partial charge in [-0.25, -0.2) is 4.79 Å². The lowest BCUT2D eigenvalue weighted by atomic mass is 9.77. The zero-order valence-electron chi connectivity index (χ0n) is 15.7. The zero-order chi connectivity index (χ0) is 18.9. The van der Waals surface area contributed by atoms with Crippen LogP contribution >= 0.6 is 0 Å². The number of nitrogens with zero attached hydrogens (tertiary/aromatic N) is 1. The number of imide groups is 1. The van der Waals surface area contributed by atoms with E-state index in [9.17, 15) is 14.7 Å². The molecule has 0 radical (unpaired) electrons. The second kappa shape index (κ2) is 7.27. The maximum absolute atomic E-state index is 12.8. The highest BCUT2D eigenvalue weighted by atomic mass is 16.5. The fourth-order valence-corrected chi connectivity index (χ4v) is 3.85. The number of benzene rings is 1. The molecule has 1 spiro atoms. The molecule has 2 N–H and O–H groups in total. The molecule has 1 heterocycles. The van der Waals surface area contributed by atoms with Gasteiger partial charge in [-0.15, -0.1) is 0 Å². The van der Waals surface area contributed by atoms with E-state index in [0.29, 0.717) is 24.5 Å². The van der Waals surface area contributed by atoms with E-state index in [1.807, 2.05) is 32.0 Å². The van der Waals surface area contributed by atoms with Gasteiger partial charge in [0.2, 0.25) is 0 Å². The van der Waals surface area contributed by atoms with Gasteiger partial charge < -0.3 is 15.2 Å². The first-order valence-electron chi connectivity index (χ1n) is 9.33. The van der Waals surface area contributed by atoms with E-state index in [0.717, 1.165) is 28.9 Å². The molecule has 1 aromatic carbocycles. The molecule has 3 amide bonds. The standard InChI is InChI=1S/C20H28N2O4/c1-13-6-8-20(9-7-13)18(24)22(19(25)21-20)11-16(23)12-26-17-5-4-14(2)10-15(17)3/h4-5,10,13,16,23H,6-9,11-12H2,1-3H3,(H,21,25)/t13?,16-,20?/m1/s1. The summed E-state index contributed by atoms with van der Waals surface area (Å²) in [5.41, 5.74) is 1.36. The SMILES string of the molecule is Cc1ccc(OC[C@H](O)CN2C(=O)NC3(CCC(C)CC3)C2=O)c(C)c1. The molecular weight excluding hydrogens is 332 g/mol. The van der Waals surface area contributed by atoms with Crippen molar-refractivity contribution in [3.05, 3.63) is 29.3 Å². The number of ether oxygens (including phenoxy) is 1. The monoisotopic (exact) mass is 360 g/mol. The molecule has 0 unspecified atom stereocenters. The molecule has 6 heteroatoms. The van der Waals surface area contributed by atoms with E-state index >= 15 is 0 Å². The number of carbonyl (C=O) groups is 2. The van der Waals surface area contributed by atoms with Crippen molar-refractivity contribution in [2.45, 2.75) is 58.1 Å². The van der Waals surface area contributed by atoms with E-state index in [2.05, 4.69) is 12.2 Å². The Morgan fingerprint density at radius 2 is 2.00 bits per heavy atom. The summed E-state index contributed by atoms with van der Waals surface area (Å²) < 4.78 is 5.67. The Balaban J connectivity index is 1.58. The summed E-state index contributed by atoms with van der Waals surface area (Å²) in [5, 5.41) is 13.2. The molecule has 0 bridgehead atoms. The molecule has 1 aliphatic carbocycles. The van der Waals surface area contributed by atoms with E-state index in [1.165, 1.54) is 0 Å². The Kier molecular flexibility index (Phi) is 5.23. The van der Waals surface area contributed by atoms with E-state index in [4.69, 9.17) is 4.74 Å². The molecule has 2 aliphatic rings. The molecule has 26 heavy (non-hydrogen) atoms. The van der Waals surface area contributed by atoms with Crippen LogP contribution in [0.2, 0.25) is 0 Å². The van der Waals surface area contributed by atoms with Crippen molar-refractivity contribution in [2.75, 3.05) is 13.2 Å². The summed E-state index contributed by atoms with van der Waals surface area (Å²) in [7, 11) is 0. The van der Waals surface area contributed by atoms with Gasteiger partial charge in [0, 0.05) is 0 Å². The molecule has 1 saturated carbocycles. The number of aryl methyl sites for hydroxylation is 2. The second-order valence-electron chi connectivity index (χ2n) is 7.84. The van der Waals surface area contributed by atoms with Gasteiger partial charge in [0.15, 0.2) is 0 Å². The van der Waals surface area contributed by atoms with E-state index < -0.39 is 17.7 Å². The molecule has 2 fully saturated rings. The van der Waals surface area contributed by atoms with Crippen molar-refractivity contribution in [1.29, 1.82) is 0 Å². The molecule has 3 rings (SSSR count). The summed E-state index contributed by atoms with van der Waals surface area (Å²) in [6, 6.07) is 5.41. The van der Waals surface area contributed by atoms with Crippen LogP contribution in [0.3, 0.4) is 0 Å². The van der Waals surface area contributed by atoms with Crippen molar-refractivity contribution in [3.8, 4) is 5.75 Å². The highest BCUT2D eigenvalue weighted by molar-refractivity contribution is 6.07. The number of β-amino-alcohol motifs (C(OH)–C–C–N with tert-alkyl or cyclic N) is 1. The van der Waals surface area contributed by atoms with Crippen LogP contribution in [0.4, 0.5) is 4.79 Å². The predicted octanol–water partition coefficient (Wildman–Crippen LogP) is 2.54. The summed E-state index contributed by atoms with van der Waals surface area (Å²) in [6.45, 7) is 6.10. The first-order valence-corrected chi connectivity index (χ1v) is 9.33. The highest BCUT2D eigenvalue weighted by Crippen LogP contribution is 2.36. The summed E-state index contributed by atoms with van der Waals surface area (Å²) in [6.07, 6.45) is 2.27. The topological polar surface area (TPSA) is 78.9 Å². The minimum Gasteiger partial charge on any atom is -0.491 e. The van der Waals surface area contributed by atoms with Gasteiger partial charge in [0.25, 0.3) is 5.91 Å². The number of rotatable bonds is 5. The van der Waals surface area contributed by atoms with E-state index in [-0.39, 0.29) is 19.1 Å². The minimum atomic E-state index is -0.928. The maximum atomic E-state index is 12.8. The summed E-state index contributed by atoms with van der Waals surface area (Å²) in [5.74, 6) is 1.07. The van der Waals surface area contributed by atoms with Crippen LogP contribution in [0.5, 0.6) is 5.75 Å². The van der Waals surface area contributed by atoms with Crippen LogP contribution in [-0.2, 0) is 4.79 Å². The lowest BCUT2D eigenvalue weighted by Crippen LogP contribution is -2.49. The summed E-state index contributed by atoms with van der Waals surface area (Å²) in [4.78, 5) is 26.2. The van der Waals surface area contributed by atoms with Gasteiger partial charge in [-0.3, -0.25) is 9.69 Å². The Hall–Kier alpha value is -2.08. The van der Waals surface area contributed by atoms with E-state index in [1.54, 1.807) is 0 Å². The third-order valence-electron chi connectivity index (χ3n) is 5.53. The lowest BCUT2D eigenvalue weighted by Gasteiger charge is -2.33. The number of amides is 3. The van der Waals surface area contributed by atoms with Crippen LogP contribution in [0.15, 0.2) is 18.2 Å². The van der Waals surface area contributed by atoms with Crippen molar-refractivity contribution >= 4 is 11.9 Å².